The summed E-state index contributed by atoms with van der Waals surface area (Å²) in [5.74, 6) is 1.22. The highest BCUT2D eigenvalue weighted by Gasteiger charge is 2.23. The first-order chi connectivity index (χ1) is 8.79. The average molecular weight is 252 g/mol. The van der Waals surface area contributed by atoms with Crippen molar-refractivity contribution in [1.29, 1.82) is 0 Å². The molecule has 0 saturated carbocycles. The largest absolute Gasteiger partial charge is 0.343 e. The fraction of sp³-hybridized carbons (Fsp3) is 0.933. The Morgan fingerprint density at radius 2 is 2.06 bits per heavy atom. The van der Waals surface area contributed by atoms with Gasteiger partial charge in [0.1, 0.15) is 0 Å². The van der Waals surface area contributed by atoms with Crippen LogP contribution < -0.4 is 5.32 Å². The first-order valence-electron chi connectivity index (χ1n) is 7.80. The molecule has 2 fully saturated rings. The summed E-state index contributed by atoms with van der Waals surface area (Å²) in [6.45, 7) is 5.34. The Morgan fingerprint density at radius 3 is 2.78 bits per heavy atom. The highest BCUT2D eigenvalue weighted by molar-refractivity contribution is 5.76. The predicted molar refractivity (Wildman–Crippen MR) is 74.5 cm³/mol. The smallest absolute Gasteiger partial charge is 0.224 e. The van der Waals surface area contributed by atoms with Gasteiger partial charge in [-0.05, 0) is 44.6 Å². The molecule has 3 nitrogen and oxygen atoms in total. The molecule has 0 aromatic rings. The van der Waals surface area contributed by atoms with Crippen molar-refractivity contribution in [1.82, 2.24) is 10.2 Å². The van der Waals surface area contributed by atoms with E-state index in [1.807, 2.05) is 0 Å². The fourth-order valence-electron chi connectivity index (χ4n) is 3.26. The molecule has 2 saturated heterocycles. The lowest BCUT2D eigenvalue weighted by Crippen LogP contribution is -2.40. The lowest BCUT2D eigenvalue weighted by molar-refractivity contribution is -0.131. The summed E-state index contributed by atoms with van der Waals surface area (Å²) in [4.78, 5) is 14.4. The van der Waals surface area contributed by atoms with E-state index in [9.17, 15) is 4.79 Å². The van der Waals surface area contributed by atoms with Crippen LogP contribution in [0.3, 0.4) is 0 Å². The van der Waals surface area contributed by atoms with Gasteiger partial charge in [0.25, 0.3) is 0 Å². The number of hydrogen-bond donors (Lipinski definition) is 1. The normalized spacial score (nSPS) is 29.9. The van der Waals surface area contributed by atoms with Crippen molar-refractivity contribution in [3.63, 3.8) is 0 Å². The van der Waals surface area contributed by atoms with Crippen molar-refractivity contribution in [2.24, 2.45) is 5.92 Å². The molecule has 3 heteroatoms. The van der Waals surface area contributed by atoms with Crippen LogP contribution in [0.2, 0.25) is 0 Å². The summed E-state index contributed by atoms with van der Waals surface area (Å²) >= 11 is 0. The summed E-state index contributed by atoms with van der Waals surface area (Å²) in [5.41, 5.74) is 0. The van der Waals surface area contributed by atoms with E-state index in [1.54, 1.807) is 0 Å². The molecule has 0 radical (unpaired) electrons. The molecule has 2 rings (SSSR count). The maximum atomic E-state index is 12.3. The molecule has 104 valence electrons. The highest BCUT2D eigenvalue weighted by atomic mass is 16.2. The van der Waals surface area contributed by atoms with Crippen LogP contribution in [0, 0.1) is 5.92 Å². The minimum atomic E-state index is 0.381. The zero-order valence-corrected chi connectivity index (χ0v) is 11.8. The molecular formula is C15H28N2O. The summed E-state index contributed by atoms with van der Waals surface area (Å²) in [6, 6.07) is 0.441. The maximum Gasteiger partial charge on any atom is 0.224 e. The molecule has 2 aliphatic heterocycles. The van der Waals surface area contributed by atoms with E-state index in [2.05, 4.69) is 17.1 Å². The van der Waals surface area contributed by atoms with Crippen LogP contribution in [0.5, 0.6) is 0 Å². The first kappa shape index (κ1) is 13.9. The second-order valence-electron chi connectivity index (χ2n) is 5.94. The molecule has 0 aromatic heterocycles. The molecule has 0 bridgehead atoms. The second-order valence-corrected chi connectivity index (χ2v) is 5.94. The third-order valence-electron chi connectivity index (χ3n) is 4.61. The van der Waals surface area contributed by atoms with Crippen LogP contribution in [0.15, 0.2) is 0 Å². The number of nitrogens with zero attached hydrogens (tertiary/aromatic N) is 1. The van der Waals surface area contributed by atoms with E-state index < -0.39 is 0 Å². The van der Waals surface area contributed by atoms with Gasteiger partial charge in [-0.25, -0.2) is 0 Å². The van der Waals surface area contributed by atoms with Crippen LogP contribution in [0.1, 0.15) is 58.3 Å². The topological polar surface area (TPSA) is 32.3 Å². The lowest BCUT2D eigenvalue weighted by atomic mass is 9.98. The van der Waals surface area contributed by atoms with Crippen molar-refractivity contribution in [3.8, 4) is 0 Å². The molecular weight excluding hydrogens is 224 g/mol. The molecule has 0 aromatic carbocycles. The molecule has 2 atom stereocenters. The van der Waals surface area contributed by atoms with E-state index in [0.717, 1.165) is 32.0 Å². The summed E-state index contributed by atoms with van der Waals surface area (Å²) < 4.78 is 0. The maximum absolute atomic E-state index is 12.3. The number of amides is 1. The Kier molecular flexibility index (Phi) is 5.48. The molecule has 1 amide bonds. The molecule has 1 N–H and O–H groups in total. The van der Waals surface area contributed by atoms with Gasteiger partial charge >= 0.3 is 0 Å². The lowest BCUT2D eigenvalue weighted by Gasteiger charge is -2.27. The molecule has 0 spiro atoms. The van der Waals surface area contributed by atoms with Crippen LogP contribution in [-0.2, 0) is 4.79 Å². The Labute approximate surface area is 111 Å². The second kappa shape index (κ2) is 7.13. The minimum Gasteiger partial charge on any atom is -0.343 e. The van der Waals surface area contributed by atoms with E-state index in [-0.39, 0.29) is 0 Å². The van der Waals surface area contributed by atoms with Crippen LogP contribution in [-0.4, -0.2) is 36.5 Å². The Morgan fingerprint density at radius 1 is 1.17 bits per heavy atom. The van der Waals surface area contributed by atoms with E-state index >= 15 is 0 Å². The third-order valence-corrected chi connectivity index (χ3v) is 4.61. The van der Waals surface area contributed by atoms with E-state index in [0.29, 0.717) is 11.9 Å². The van der Waals surface area contributed by atoms with E-state index in [4.69, 9.17) is 0 Å². The molecule has 0 aliphatic carbocycles. The number of likely N-dealkylation sites (tertiary alicyclic amines) is 1. The zero-order valence-electron chi connectivity index (χ0n) is 11.8. The first-order valence-corrected chi connectivity index (χ1v) is 7.80. The van der Waals surface area contributed by atoms with Crippen LogP contribution in [0.4, 0.5) is 0 Å². The van der Waals surface area contributed by atoms with Gasteiger partial charge in [0.15, 0.2) is 0 Å². The highest BCUT2D eigenvalue weighted by Crippen LogP contribution is 2.21. The third kappa shape index (κ3) is 3.98. The van der Waals surface area contributed by atoms with Gasteiger partial charge in [-0.2, -0.15) is 0 Å². The van der Waals surface area contributed by atoms with Gasteiger partial charge in [-0.15, -0.1) is 0 Å². The molecule has 2 unspecified atom stereocenters. The standard InChI is InChI=1S/C15H28N2O/c1-2-13-6-5-10-17(11-8-13)15(18)12-14-7-3-4-9-16-14/h13-14,16H,2-12H2,1H3. The summed E-state index contributed by atoms with van der Waals surface area (Å²) in [5, 5.41) is 3.48. The number of hydrogen-bond acceptors (Lipinski definition) is 2. The molecule has 18 heavy (non-hydrogen) atoms. The van der Waals surface area contributed by atoms with Crippen molar-refractivity contribution in [2.45, 2.75) is 64.3 Å². The monoisotopic (exact) mass is 252 g/mol. The van der Waals surface area contributed by atoms with Crippen molar-refractivity contribution in [3.05, 3.63) is 0 Å². The summed E-state index contributed by atoms with van der Waals surface area (Å²) in [7, 11) is 0. The number of carbonyl (C=O) groups is 1. The van der Waals surface area contributed by atoms with Gasteiger partial charge in [0.2, 0.25) is 5.91 Å². The predicted octanol–water partition coefficient (Wildman–Crippen LogP) is 2.56. The van der Waals surface area contributed by atoms with E-state index in [1.165, 1.54) is 44.9 Å². The van der Waals surface area contributed by atoms with Crippen LogP contribution in [0.25, 0.3) is 0 Å². The molecule has 2 heterocycles. The van der Waals surface area contributed by atoms with Gasteiger partial charge in [-0.3, -0.25) is 4.79 Å². The zero-order chi connectivity index (χ0) is 12.8. The SMILES string of the molecule is CCC1CCCN(C(=O)CC2CCCCN2)CC1. The van der Waals surface area contributed by atoms with Crippen molar-refractivity contribution in [2.75, 3.05) is 19.6 Å². The Bertz CT molecular complexity index is 261. The summed E-state index contributed by atoms with van der Waals surface area (Å²) in [6.07, 6.45) is 9.43. The van der Waals surface area contributed by atoms with Gasteiger partial charge in [0, 0.05) is 25.6 Å². The van der Waals surface area contributed by atoms with Crippen molar-refractivity contribution >= 4 is 5.91 Å². The van der Waals surface area contributed by atoms with Gasteiger partial charge in [-0.1, -0.05) is 19.8 Å². The minimum absolute atomic E-state index is 0.381. The number of piperidine rings is 1. The quantitative estimate of drug-likeness (QED) is 0.837. The van der Waals surface area contributed by atoms with Gasteiger partial charge in [0.05, 0.1) is 0 Å². The Hall–Kier alpha value is -0.570. The Balaban J connectivity index is 1.77. The fourth-order valence-corrected chi connectivity index (χ4v) is 3.26. The number of rotatable bonds is 3. The number of nitrogens with one attached hydrogen (secondary N) is 1. The van der Waals surface area contributed by atoms with Crippen LogP contribution >= 0.6 is 0 Å². The van der Waals surface area contributed by atoms with Crippen molar-refractivity contribution < 1.29 is 4.79 Å². The molecule has 2 aliphatic rings. The average Bonchev–Trinajstić information content (AvgIpc) is 2.65. The number of carbonyl (C=O) groups excluding carboxylic acids is 1. The van der Waals surface area contributed by atoms with Gasteiger partial charge < -0.3 is 10.2 Å².